The van der Waals surface area contributed by atoms with Crippen LogP contribution >= 0.6 is 0 Å². The van der Waals surface area contributed by atoms with Crippen LogP contribution in [0.25, 0.3) is 0 Å². The van der Waals surface area contributed by atoms with E-state index in [1.807, 2.05) is 0 Å². The second kappa shape index (κ2) is 5.00. The van der Waals surface area contributed by atoms with Crippen molar-refractivity contribution < 1.29 is 14.4 Å². The number of carbonyl (C=O) groups is 3. The molecule has 0 radical (unpaired) electrons. The Labute approximate surface area is 124 Å². The van der Waals surface area contributed by atoms with Gasteiger partial charge in [0, 0.05) is 13.1 Å². The van der Waals surface area contributed by atoms with Gasteiger partial charge in [0.1, 0.15) is 12.1 Å². The predicted octanol–water partition coefficient (Wildman–Crippen LogP) is 0.965. The third-order valence-corrected chi connectivity index (χ3v) is 5.12. The maximum absolute atomic E-state index is 12.5. The van der Waals surface area contributed by atoms with E-state index in [0.717, 1.165) is 43.7 Å². The van der Waals surface area contributed by atoms with Crippen molar-refractivity contribution in [2.45, 2.75) is 45.1 Å². The highest BCUT2D eigenvalue weighted by Crippen LogP contribution is 2.42. The summed E-state index contributed by atoms with van der Waals surface area (Å²) in [6.07, 6.45) is 3.92. The zero-order valence-corrected chi connectivity index (χ0v) is 12.7. The van der Waals surface area contributed by atoms with Crippen molar-refractivity contribution in [3.63, 3.8) is 0 Å². The van der Waals surface area contributed by atoms with Crippen LogP contribution in [0.2, 0.25) is 0 Å². The predicted molar refractivity (Wildman–Crippen MR) is 76.4 cm³/mol. The number of hydrogen-bond donors (Lipinski definition) is 1. The minimum Gasteiger partial charge on any atom is -0.341 e. The van der Waals surface area contributed by atoms with Gasteiger partial charge < -0.3 is 10.2 Å². The zero-order valence-electron chi connectivity index (χ0n) is 12.7. The highest BCUT2D eigenvalue weighted by atomic mass is 16.2. The molecule has 1 unspecified atom stereocenters. The van der Waals surface area contributed by atoms with E-state index in [1.165, 1.54) is 0 Å². The Kier molecular flexibility index (Phi) is 3.42. The Morgan fingerprint density at radius 2 is 1.86 bits per heavy atom. The van der Waals surface area contributed by atoms with E-state index in [2.05, 4.69) is 12.2 Å². The van der Waals surface area contributed by atoms with Gasteiger partial charge >= 0.3 is 6.03 Å². The Morgan fingerprint density at radius 1 is 1.24 bits per heavy atom. The first-order valence-corrected chi connectivity index (χ1v) is 7.83. The fourth-order valence-corrected chi connectivity index (χ4v) is 3.29. The van der Waals surface area contributed by atoms with Crippen LogP contribution in [-0.4, -0.2) is 52.8 Å². The van der Waals surface area contributed by atoms with Gasteiger partial charge in [-0.1, -0.05) is 6.92 Å². The average Bonchev–Trinajstić information content (AvgIpc) is 3.26. The number of carbonyl (C=O) groups excluding carboxylic acids is 3. The second-order valence-electron chi connectivity index (χ2n) is 6.86. The van der Waals surface area contributed by atoms with Crippen molar-refractivity contribution in [2.75, 3.05) is 19.6 Å². The molecule has 1 N–H and O–H groups in total. The number of likely N-dealkylation sites (tertiary alicyclic amines) is 1. The molecule has 2 heterocycles. The summed E-state index contributed by atoms with van der Waals surface area (Å²) in [7, 11) is 0. The summed E-state index contributed by atoms with van der Waals surface area (Å²) in [4.78, 5) is 39.7. The summed E-state index contributed by atoms with van der Waals surface area (Å²) in [6.45, 7) is 5.28. The lowest BCUT2D eigenvalue weighted by molar-refractivity contribution is -0.139. The smallest absolute Gasteiger partial charge is 0.325 e. The van der Waals surface area contributed by atoms with Gasteiger partial charge in [0.2, 0.25) is 5.91 Å². The lowest BCUT2D eigenvalue weighted by Gasteiger charge is -2.31. The molecule has 3 aliphatic rings. The first-order chi connectivity index (χ1) is 9.91. The standard InChI is InChI=1S/C15H23N3O3/c1-10-5-7-17(8-6-10)12(19)9-18-13(20)15(2,11-3-4-11)16-14(18)21/h10-11H,3-9H2,1-2H3,(H,16,21). The topological polar surface area (TPSA) is 69.7 Å². The third kappa shape index (κ3) is 2.51. The van der Waals surface area contributed by atoms with Crippen molar-refractivity contribution in [2.24, 2.45) is 11.8 Å². The van der Waals surface area contributed by atoms with Crippen molar-refractivity contribution in [1.29, 1.82) is 0 Å². The molecule has 1 aliphatic carbocycles. The van der Waals surface area contributed by atoms with E-state index in [0.29, 0.717) is 5.92 Å². The van der Waals surface area contributed by atoms with Gasteiger partial charge in [0.15, 0.2) is 0 Å². The number of amides is 4. The van der Waals surface area contributed by atoms with Crippen LogP contribution in [-0.2, 0) is 9.59 Å². The number of hydrogen-bond acceptors (Lipinski definition) is 3. The van der Waals surface area contributed by atoms with Crippen molar-refractivity contribution in [3.8, 4) is 0 Å². The molecule has 2 saturated heterocycles. The highest BCUT2D eigenvalue weighted by Gasteiger charge is 2.56. The molecule has 0 aromatic carbocycles. The van der Waals surface area contributed by atoms with Crippen LogP contribution in [0.1, 0.15) is 39.5 Å². The summed E-state index contributed by atoms with van der Waals surface area (Å²) in [5, 5.41) is 2.77. The minimum absolute atomic E-state index is 0.120. The molecule has 0 spiro atoms. The normalized spacial score (nSPS) is 30.8. The number of imide groups is 1. The summed E-state index contributed by atoms with van der Waals surface area (Å²) in [5.74, 6) is 0.507. The molecule has 0 aromatic heterocycles. The van der Waals surface area contributed by atoms with Gasteiger partial charge in [-0.25, -0.2) is 4.79 Å². The van der Waals surface area contributed by atoms with E-state index in [-0.39, 0.29) is 24.3 Å². The number of rotatable bonds is 3. The number of piperidine rings is 1. The summed E-state index contributed by atoms with van der Waals surface area (Å²) < 4.78 is 0. The quantitative estimate of drug-likeness (QED) is 0.788. The van der Waals surface area contributed by atoms with Gasteiger partial charge in [0.05, 0.1) is 0 Å². The molecule has 3 fully saturated rings. The molecule has 6 nitrogen and oxygen atoms in total. The summed E-state index contributed by atoms with van der Waals surface area (Å²) in [5.41, 5.74) is -0.798. The maximum atomic E-state index is 12.5. The zero-order chi connectivity index (χ0) is 15.2. The number of nitrogens with one attached hydrogen (secondary N) is 1. The van der Waals surface area contributed by atoms with Gasteiger partial charge in [-0.3, -0.25) is 14.5 Å². The van der Waals surface area contributed by atoms with Crippen LogP contribution < -0.4 is 5.32 Å². The average molecular weight is 293 g/mol. The molecule has 2 aliphatic heterocycles. The molecule has 0 aromatic rings. The van der Waals surface area contributed by atoms with Gasteiger partial charge in [-0.05, 0) is 44.4 Å². The van der Waals surface area contributed by atoms with E-state index in [9.17, 15) is 14.4 Å². The van der Waals surface area contributed by atoms with Crippen LogP contribution in [0.5, 0.6) is 0 Å². The molecule has 116 valence electrons. The van der Waals surface area contributed by atoms with Crippen LogP contribution in [0.3, 0.4) is 0 Å². The van der Waals surface area contributed by atoms with Crippen LogP contribution in [0.4, 0.5) is 4.79 Å². The SMILES string of the molecule is CC1CCN(C(=O)CN2C(=O)NC(C)(C3CC3)C2=O)CC1. The molecule has 3 rings (SSSR count). The lowest BCUT2D eigenvalue weighted by atomic mass is 9.96. The van der Waals surface area contributed by atoms with Crippen molar-refractivity contribution in [1.82, 2.24) is 15.1 Å². The Morgan fingerprint density at radius 3 is 2.43 bits per heavy atom. The van der Waals surface area contributed by atoms with E-state index in [4.69, 9.17) is 0 Å². The van der Waals surface area contributed by atoms with Crippen LogP contribution in [0.15, 0.2) is 0 Å². The van der Waals surface area contributed by atoms with E-state index >= 15 is 0 Å². The number of urea groups is 1. The van der Waals surface area contributed by atoms with Crippen molar-refractivity contribution in [3.05, 3.63) is 0 Å². The lowest BCUT2D eigenvalue weighted by Crippen LogP contribution is -2.48. The first kappa shape index (κ1) is 14.4. The van der Waals surface area contributed by atoms with Gasteiger partial charge in [0.25, 0.3) is 5.91 Å². The Balaban J connectivity index is 1.63. The molecule has 4 amide bonds. The van der Waals surface area contributed by atoms with E-state index in [1.54, 1.807) is 11.8 Å². The third-order valence-electron chi connectivity index (χ3n) is 5.12. The number of nitrogens with zero attached hydrogens (tertiary/aromatic N) is 2. The second-order valence-corrected chi connectivity index (χ2v) is 6.86. The monoisotopic (exact) mass is 293 g/mol. The molecule has 21 heavy (non-hydrogen) atoms. The molecular formula is C15H23N3O3. The molecule has 0 bridgehead atoms. The highest BCUT2D eigenvalue weighted by molar-refractivity contribution is 6.09. The summed E-state index contributed by atoms with van der Waals surface area (Å²) >= 11 is 0. The molecular weight excluding hydrogens is 270 g/mol. The Bertz CT molecular complexity index is 481. The Hall–Kier alpha value is -1.59. The molecule has 1 saturated carbocycles. The van der Waals surface area contributed by atoms with Crippen molar-refractivity contribution >= 4 is 17.8 Å². The molecule has 6 heteroatoms. The molecule has 1 atom stereocenters. The maximum Gasteiger partial charge on any atom is 0.325 e. The first-order valence-electron chi connectivity index (χ1n) is 7.83. The summed E-state index contributed by atoms with van der Waals surface area (Å²) in [6, 6.07) is -0.423. The fourth-order valence-electron chi connectivity index (χ4n) is 3.29. The largest absolute Gasteiger partial charge is 0.341 e. The fraction of sp³-hybridized carbons (Fsp3) is 0.800. The van der Waals surface area contributed by atoms with Crippen LogP contribution in [0, 0.1) is 11.8 Å². The van der Waals surface area contributed by atoms with Gasteiger partial charge in [-0.15, -0.1) is 0 Å². The minimum atomic E-state index is -0.798. The van der Waals surface area contributed by atoms with Gasteiger partial charge in [-0.2, -0.15) is 0 Å². The van der Waals surface area contributed by atoms with E-state index < -0.39 is 11.6 Å².